The molecule has 7 nitrogen and oxygen atoms in total. The normalized spacial score (nSPS) is 17.8. The number of benzene rings is 2. The standard InChI is InChI=1S/C20H19N5O2/c21-18-11-19(23-12-22-18)27-15-8-6-14(7-9-15)24-20(26)25-17-10-16(17)13-4-2-1-3-5-13/h1-9,11-12,16-17H,10H2,(H2,21,22,23)(H2,24,25,26)/t16-,17+/m0/s1. The highest BCUT2D eigenvalue weighted by atomic mass is 16.5. The first-order valence-corrected chi connectivity index (χ1v) is 8.65. The molecule has 4 rings (SSSR count). The van der Waals surface area contributed by atoms with Gasteiger partial charge in [-0.3, -0.25) is 0 Å². The van der Waals surface area contributed by atoms with Gasteiger partial charge in [0.05, 0.1) is 0 Å². The molecular formula is C20H19N5O2. The quantitative estimate of drug-likeness (QED) is 0.645. The minimum absolute atomic E-state index is 0.179. The monoisotopic (exact) mass is 361 g/mol. The number of urea groups is 1. The van der Waals surface area contributed by atoms with Crippen LogP contribution in [0.4, 0.5) is 16.3 Å². The van der Waals surface area contributed by atoms with Gasteiger partial charge in [-0.25, -0.2) is 14.8 Å². The van der Waals surface area contributed by atoms with Crippen molar-refractivity contribution in [3.8, 4) is 11.6 Å². The van der Waals surface area contributed by atoms with Crippen molar-refractivity contribution in [3.63, 3.8) is 0 Å². The Morgan fingerprint density at radius 3 is 2.59 bits per heavy atom. The Hall–Kier alpha value is -3.61. The van der Waals surface area contributed by atoms with Crippen LogP contribution in [0.3, 0.4) is 0 Å². The van der Waals surface area contributed by atoms with E-state index in [9.17, 15) is 4.79 Å². The van der Waals surface area contributed by atoms with E-state index in [1.165, 1.54) is 11.9 Å². The molecule has 2 aromatic carbocycles. The smallest absolute Gasteiger partial charge is 0.319 e. The number of hydrogen-bond donors (Lipinski definition) is 3. The van der Waals surface area contributed by atoms with Crippen LogP contribution in [0.2, 0.25) is 0 Å². The number of nitrogens with one attached hydrogen (secondary N) is 2. The molecule has 3 aromatic rings. The third-order valence-corrected chi connectivity index (χ3v) is 4.33. The van der Waals surface area contributed by atoms with Gasteiger partial charge in [-0.05, 0) is 36.2 Å². The number of rotatable bonds is 5. The maximum Gasteiger partial charge on any atom is 0.319 e. The first-order chi connectivity index (χ1) is 13.2. The van der Waals surface area contributed by atoms with Crippen molar-refractivity contribution in [1.29, 1.82) is 0 Å². The van der Waals surface area contributed by atoms with Gasteiger partial charge in [-0.15, -0.1) is 0 Å². The number of hydrogen-bond acceptors (Lipinski definition) is 5. The van der Waals surface area contributed by atoms with Gasteiger partial charge in [-0.1, -0.05) is 30.3 Å². The zero-order chi connectivity index (χ0) is 18.6. The zero-order valence-electron chi connectivity index (χ0n) is 14.5. The van der Waals surface area contributed by atoms with Gasteiger partial charge >= 0.3 is 6.03 Å². The van der Waals surface area contributed by atoms with Gasteiger partial charge in [0.15, 0.2) is 0 Å². The summed E-state index contributed by atoms with van der Waals surface area (Å²) in [6, 6.07) is 18.7. The van der Waals surface area contributed by atoms with Crippen molar-refractivity contribution in [1.82, 2.24) is 15.3 Å². The summed E-state index contributed by atoms with van der Waals surface area (Å²) in [7, 11) is 0. The average molecular weight is 361 g/mol. The van der Waals surface area contributed by atoms with Gasteiger partial charge in [0, 0.05) is 23.7 Å². The fourth-order valence-electron chi connectivity index (χ4n) is 2.90. The Balaban J connectivity index is 1.29. The second-order valence-corrected chi connectivity index (χ2v) is 6.37. The maximum atomic E-state index is 12.2. The molecule has 0 saturated heterocycles. The number of carbonyl (C=O) groups is 1. The van der Waals surface area contributed by atoms with Gasteiger partial charge in [0.2, 0.25) is 5.88 Å². The van der Waals surface area contributed by atoms with E-state index in [2.05, 4.69) is 32.7 Å². The number of nitrogens with two attached hydrogens (primary N) is 1. The van der Waals surface area contributed by atoms with Crippen molar-refractivity contribution in [2.24, 2.45) is 0 Å². The van der Waals surface area contributed by atoms with Crippen LogP contribution in [0.1, 0.15) is 17.9 Å². The molecule has 1 saturated carbocycles. The Morgan fingerprint density at radius 1 is 1.07 bits per heavy atom. The molecule has 0 unspecified atom stereocenters. The molecule has 0 aliphatic heterocycles. The molecule has 1 aliphatic carbocycles. The molecule has 27 heavy (non-hydrogen) atoms. The number of aromatic nitrogens is 2. The summed E-state index contributed by atoms with van der Waals surface area (Å²) < 4.78 is 5.60. The van der Waals surface area contributed by atoms with Gasteiger partial charge in [-0.2, -0.15) is 0 Å². The SMILES string of the molecule is Nc1cc(Oc2ccc(NC(=O)N[C@@H]3C[C@H]3c3ccccc3)cc2)ncn1. The summed E-state index contributed by atoms with van der Waals surface area (Å²) in [6.07, 6.45) is 2.30. The van der Waals surface area contributed by atoms with Crippen molar-refractivity contribution < 1.29 is 9.53 Å². The third kappa shape index (κ3) is 4.33. The van der Waals surface area contributed by atoms with Crippen molar-refractivity contribution >= 4 is 17.5 Å². The summed E-state index contributed by atoms with van der Waals surface area (Å²) in [5.74, 6) is 1.68. The van der Waals surface area contributed by atoms with E-state index in [4.69, 9.17) is 10.5 Å². The first-order valence-electron chi connectivity index (χ1n) is 8.65. The molecule has 2 amide bonds. The number of ether oxygens (including phenoxy) is 1. The highest BCUT2D eigenvalue weighted by Crippen LogP contribution is 2.40. The van der Waals surface area contributed by atoms with E-state index in [0.717, 1.165) is 6.42 Å². The zero-order valence-corrected chi connectivity index (χ0v) is 14.5. The molecule has 136 valence electrons. The molecule has 2 atom stereocenters. The van der Waals surface area contributed by atoms with Crippen LogP contribution in [-0.4, -0.2) is 22.0 Å². The Bertz CT molecular complexity index is 931. The molecule has 7 heteroatoms. The number of carbonyl (C=O) groups excluding carboxylic acids is 1. The number of nitrogen functional groups attached to an aromatic ring is 1. The van der Waals surface area contributed by atoms with Gasteiger partial charge in [0.1, 0.15) is 17.9 Å². The lowest BCUT2D eigenvalue weighted by atomic mass is 10.1. The lowest BCUT2D eigenvalue weighted by Gasteiger charge is -2.09. The topological polar surface area (TPSA) is 102 Å². The van der Waals surface area contributed by atoms with E-state index >= 15 is 0 Å². The van der Waals surface area contributed by atoms with Crippen LogP contribution in [0.25, 0.3) is 0 Å². The number of anilines is 2. The Labute approximate surface area is 156 Å². The molecule has 0 radical (unpaired) electrons. The molecule has 1 aromatic heterocycles. The molecule has 4 N–H and O–H groups in total. The van der Waals surface area contributed by atoms with Crippen LogP contribution in [0.15, 0.2) is 67.0 Å². The van der Waals surface area contributed by atoms with Crippen LogP contribution < -0.4 is 21.1 Å². The summed E-state index contributed by atoms with van der Waals surface area (Å²) in [5, 5.41) is 5.83. The Morgan fingerprint density at radius 2 is 1.85 bits per heavy atom. The summed E-state index contributed by atoms with van der Waals surface area (Å²) in [5.41, 5.74) is 7.54. The van der Waals surface area contributed by atoms with E-state index < -0.39 is 0 Å². The van der Waals surface area contributed by atoms with Gasteiger partial charge in [0.25, 0.3) is 0 Å². The lowest BCUT2D eigenvalue weighted by molar-refractivity contribution is 0.251. The molecular weight excluding hydrogens is 342 g/mol. The highest BCUT2D eigenvalue weighted by Gasteiger charge is 2.39. The molecule has 1 fully saturated rings. The molecule has 1 aliphatic rings. The number of nitrogens with zero attached hydrogens (tertiary/aromatic N) is 2. The summed E-state index contributed by atoms with van der Waals surface area (Å²) >= 11 is 0. The van der Waals surface area contributed by atoms with Crippen LogP contribution in [0.5, 0.6) is 11.6 Å². The average Bonchev–Trinajstić information content (AvgIpc) is 3.43. The minimum atomic E-state index is -0.212. The number of amides is 2. The first kappa shape index (κ1) is 16.8. The van der Waals surface area contributed by atoms with Crippen molar-refractivity contribution in [3.05, 3.63) is 72.6 Å². The largest absolute Gasteiger partial charge is 0.439 e. The van der Waals surface area contributed by atoms with E-state index in [-0.39, 0.29) is 12.1 Å². The Kier molecular flexibility index (Phi) is 4.57. The minimum Gasteiger partial charge on any atom is -0.439 e. The van der Waals surface area contributed by atoms with E-state index in [1.54, 1.807) is 30.3 Å². The lowest BCUT2D eigenvalue weighted by Crippen LogP contribution is -2.31. The third-order valence-electron chi connectivity index (χ3n) is 4.33. The van der Waals surface area contributed by atoms with Crippen LogP contribution in [0, 0.1) is 0 Å². The predicted molar refractivity (Wildman–Crippen MR) is 103 cm³/mol. The molecule has 1 heterocycles. The van der Waals surface area contributed by atoms with Crippen LogP contribution >= 0.6 is 0 Å². The fourth-order valence-corrected chi connectivity index (χ4v) is 2.90. The summed E-state index contributed by atoms with van der Waals surface area (Å²) in [4.78, 5) is 20.0. The second-order valence-electron chi connectivity index (χ2n) is 6.37. The molecule has 0 bridgehead atoms. The van der Waals surface area contributed by atoms with Crippen molar-refractivity contribution in [2.45, 2.75) is 18.4 Å². The van der Waals surface area contributed by atoms with E-state index in [1.807, 2.05) is 18.2 Å². The predicted octanol–water partition coefficient (Wildman–Crippen LogP) is 3.53. The summed E-state index contributed by atoms with van der Waals surface area (Å²) in [6.45, 7) is 0. The second kappa shape index (κ2) is 7.33. The molecule has 0 spiro atoms. The van der Waals surface area contributed by atoms with Gasteiger partial charge < -0.3 is 21.1 Å². The fraction of sp³-hybridized carbons (Fsp3) is 0.150. The van der Waals surface area contributed by atoms with E-state index in [0.29, 0.717) is 29.1 Å². The van der Waals surface area contributed by atoms with Crippen LogP contribution in [-0.2, 0) is 0 Å². The highest BCUT2D eigenvalue weighted by molar-refractivity contribution is 5.89. The maximum absolute atomic E-state index is 12.2. The van der Waals surface area contributed by atoms with Crippen molar-refractivity contribution in [2.75, 3.05) is 11.1 Å².